The molecule has 1 aromatic rings. The van der Waals surface area contributed by atoms with Crippen molar-refractivity contribution in [1.29, 1.82) is 0 Å². The molecule has 0 aliphatic carbocycles. The third kappa shape index (κ3) is 3.40. The normalized spacial score (nSPS) is 21.9. The monoisotopic (exact) mass is 335 g/mol. The molecule has 7 heteroatoms. The number of amides is 1. The van der Waals surface area contributed by atoms with Gasteiger partial charge in [-0.2, -0.15) is 0 Å². The summed E-state index contributed by atoms with van der Waals surface area (Å²) in [7, 11) is 0. The maximum absolute atomic E-state index is 14.2. The first kappa shape index (κ1) is 16.8. The predicted octanol–water partition coefficient (Wildman–Crippen LogP) is 2.71. The van der Waals surface area contributed by atoms with Gasteiger partial charge < -0.3 is 4.90 Å². The first-order valence-electron chi connectivity index (χ1n) is 8.52. The highest BCUT2D eigenvalue weighted by Gasteiger charge is 2.34. The van der Waals surface area contributed by atoms with Crippen molar-refractivity contribution < 1.29 is 14.1 Å². The van der Waals surface area contributed by atoms with Crippen LogP contribution in [0.1, 0.15) is 37.7 Å². The summed E-state index contributed by atoms with van der Waals surface area (Å²) >= 11 is 0. The highest BCUT2D eigenvalue weighted by atomic mass is 19.1. The summed E-state index contributed by atoms with van der Waals surface area (Å²) < 4.78 is 14.2. The summed E-state index contributed by atoms with van der Waals surface area (Å²) in [6, 6.07) is 3.61. The zero-order valence-corrected chi connectivity index (χ0v) is 13.6. The van der Waals surface area contributed by atoms with Crippen LogP contribution in [0.4, 0.5) is 10.1 Å². The first-order chi connectivity index (χ1) is 11.6. The Kier molecular flexibility index (Phi) is 5.08. The second-order valence-electron chi connectivity index (χ2n) is 6.51. The van der Waals surface area contributed by atoms with Gasteiger partial charge in [0.15, 0.2) is 0 Å². The Labute approximate surface area is 140 Å². The van der Waals surface area contributed by atoms with E-state index in [-0.39, 0.29) is 29.7 Å². The summed E-state index contributed by atoms with van der Waals surface area (Å²) in [4.78, 5) is 27.2. The van der Waals surface area contributed by atoms with Gasteiger partial charge in [0, 0.05) is 25.7 Å². The molecule has 0 unspecified atom stereocenters. The Morgan fingerprint density at radius 1 is 1.21 bits per heavy atom. The molecule has 0 saturated carbocycles. The number of nitro benzene ring substituents is 1. The van der Waals surface area contributed by atoms with E-state index in [9.17, 15) is 19.3 Å². The van der Waals surface area contributed by atoms with Gasteiger partial charge in [-0.05, 0) is 38.3 Å². The van der Waals surface area contributed by atoms with Crippen molar-refractivity contribution in [3.05, 3.63) is 39.7 Å². The van der Waals surface area contributed by atoms with Crippen LogP contribution in [-0.2, 0) is 11.3 Å². The minimum atomic E-state index is -0.581. The van der Waals surface area contributed by atoms with Crippen molar-refractivity contribution in [3.63, 3.8) is 0 Å². The molecule has 0 aromatic heterocycles. The standard InChI is InChI=1S/C17H22FN3O3/c18-14-6-5-8-15(21(23)24)13(14)12-20-11-2-1-7-16(20)17(22)19-9-3-4-10-19/h5-6,8,16H,1-4,7,9-12H2/t16-/m0/s1. The third-order valence-corrected chi connectivity index (χ3v) is 4.97. The van der Waals surface area contributed by atoms with E-state index in [2.05, 4.69) is 0 Å². The van der Waals surface area contributed by atoms with E-state index in [1.54, 1.807) is 0 Å². The van der Waals surface area contributed by atoms with Crippen LogP contribution in [0.2, 0.25) is 0 Å². The summed E-state index contributed by atoms with van der Waals surface area (Å²) in [5, 5.41) is 11.2. The van der Waals surface area contributed by atoms with Crippen LogP contribution in [0.25, 0.3) is 0 Å². The van der Waals surface area contributed by atoms with Gasteiger partial charge in [-0.15, -0.1) is 0 Å². The number of rotatable bonds is 4. The van der Waals surface area contributed by atoms with Crippen LogP contribution in [0.15, 0.2) is 18.2 Å². The van der Waals surface area contributed by atoms with E-state index in [4.69, 9.17) is 0 Å². The van der Waals surface area contributed by atoms with Gasteiger partial charge in [-0.25, -0.2) is 4.39 Å². The third-order valence-electron chi connectivity index (χ3n) is 4.97. The van der Waals surface area contributed by atoms with Crippen LogP contribution in [0.3, 0.4) is 0 Å². The van der Waals surface area contributed by atoms with Crippen LogP contribution in [0, 0.1) is 15.9 Å². The lowest BCUT2D eigenvalue weighted by atomic mass is 9.99. The molecule has 2 aliphatic rings. The number of halogens is 1. The van der Waals surface area contributed by atoms with E-state index in [1.807, 2.05) is 9.80 Å². The molecule has 2 fully saturated rings. The lowest BCUT2D eigenvalue weighted by molar-refractivity contribution is -0.386. The minimum Gasteiger partial charge on any atom is -0.341 e. The van der Waals surface area contributed by atoms with Crippen LogP contribution in [-0.4, -0.2) is 46.3 Å². The maximum atomic E-state index is 14.2. The van der Waals surface area contributed by atoms with Crippen LogP contribution < -0.4 is 0 Å². The van der Waals surface area contributed by atoms with Crippen molar-refractivity contribution in [3.8, 4) is 0 Å². The average molecular weight is 335 g/mol. The molecular weight excluding hydrogens is 313 g/mol. The molecule has 0 radical (unpaired) electrons. The van der Waals surface area contributed by atoms with Crippen molar-refractivity contribution >= 4 is 11.6 Å². The zero-order chi connectivity index (χ0) is 17.1. The molecule has 3 rings (SSSR count). The second kappa shape index (κ2) is 7.25. The topological polar surface area (TPSA) is 66.7 Å². The molecule has 2 aliphatic heterocycles. The van der Waals surface area contributed by atoms with Crippen LogP contribution >= 0.6 is 0 Å². The van der Waals surface area contributed by atoms with E-state index in [0.717, 1.165) is 45.2 Å². The molecule has 0 spiro atoms. The van der Waals surface area contributed by atoms with Crippen molar-refractivity contribution in [2.45, 2.75) is 44.7 Å². The lowest BCUT2D eigenvalue weighted by Gasteiger charge is -2.36. The summed E-state index contributed by atoms with van der Waals surface area (Å²) in [5.74, 6) is -0.492. The molecule has 24 heavy (non-hydrogen) atoms. The highest BCUT2D eigenvalue weighted by Crippen LogP contribution is 2.28. The van der Waals surface area contributed by atoms with Crippen molar-refractivity contribution in [2.24, 2.45) is 0 Å². The molecular formula is C17H22FN3O3. The number of hydrogen-bond acceptors (Lipinski definition) is 4. The second-order valence-corrected chi connectivity index (χ2v) is 6.51. The van der Waals surface area contributed by atoms with Crippen LogP contribution in [0.5, 0.6) is 0 Å². The molecule has 0 N–H and O–H groups in total. The summed E-state index contributed by atoms with van der Waals surface area (Å²) in [6.45, 7) is 2.33. The SMILES string of the molecule is O=C([C@@H]1CCCCN1Cc1c(F)cccc1[N+](=O)[O-])N1CCCC1. The Hall–Kier alpha value is -2.02. The molecule has 130 valence electrons. The van der Waals surface area contributed by atoms with Gasteiger partial charge in [-0.1, -0.05) is 12.5 Å². The number of benzene rings is 1. The first-order valence-corrected chi connectivity index (χ1v) is 8.52. The van der Waals surface area contributed by atoms with Gasteiger partial charge >= 0.3 is 0 Å². The maximum Gasteiger partial charge on any atom is 0.276 e. The predicted molar refractivity (Wildman–Crippen MR) is 86.9 cm³/mol. The number of likely N-dealkylation sites (tertiary alicyclic amines) is 2. The number of nitrogens with zero attached hydrogens (tertiary/aromatic N) is 3. The fourth-order valence-corrected chi connectivity index (χ4v) is 3.69. The van der Waals surface area contributed by atoms with Gasteiger partial charge in [0.05, 0.1) is 16.5 Å². The van der Waals surface area contributed by atoms with E-state index < -0.39 is 10.7 Å². The van der Waals surface area contributed by atoms with Gasteiger partial charge in [-0.3, -0.25) is 19.8 Å². The Bertz CT molecular complexity index is 632. The van der Waals surface area contributed by atoms with E-state index >= 15 is 0 Å². The number of nitro groups is 1. The molecule has 6 nitrogen and oxygen atoms in total. The van der Waals surface area contributed by atoms with E-state index in [0.29, 0.717) is 6.54 Å². The summed E-state index contributed by atoms with van der Waals surface area (Å²) in [5.41, 5.74) is -0.142. The molecule has 0 bridgehead atoms. The van der Waals surface area contributed by atoms with Gasteiger partial charge in [0.25, 0.3) is 5.69 Å². The molecule has 1 amide bonds. The van der Waals surface area contributed by atoms with Gasteiger partial charge in [0.1, 0.15) is 5.82 Å². The average Bonchev–Trinajstić information content (AvgIpc) is 3.11. The molecule has 2 heterocycles. The lowest BCUT2D eigenvalue weighted by Crippen LogP contribution is -2.50. The molecule has 1 aromatic carbocycles. The number of piperidine rings is 1. The zero-order valence-electron chi connectivity index (χ0n) is 13.6. The number of hydrogen-bond donors (Lipinski definition) is 0. The van der Waals surface area contributed by atoms with E-state index in [1.165, 1.54) is 18.2 Å². The number of carbonyl (C=O) groups is 1. The van der Waals surface area contributed by atoms with Crippen molar-refractivity contribution in [2.75, 3.05) is 19.6 Å². The van der Waals surface area contributed by atoms with Gasteiger partial charge in [0.2, 0.25) is 5.91 Å². The highest BCUT2D eigenvalue weighted by molar-refractivity contribution is 5.82. The Morgan fingerprint density at radius 3 is 2.62 bits per heavy atom. The minimum absolute atomic E-state index is 0.0728. The van der Waals surface area contributed by atoms with Crippen molar-refractivity contribution in [1.82, 2.24) is 9.80 Å². The molecule has 2 saturated heterocycles. The fraction of sp³-hybridized carbons (Fsp3) is 0.588. The smallest absolute Gasteiger partial charge is 0.276 e. The fourth-order valence-electron chi connectivity index (χ4n) is 3.69. The Morgan fingerprint density at radius 2 is 1.92 bits per heavy atom. The largest absolute Gasteiger partial charge is 0.341 e. The Balaban J connectivity index is 1.82. The molecule has 1 atom stereocenters. The quantitative estimate of drug-likeness (QED) is 0.627. The number of carbonyl (C=O) groups excluding carboxylic acids is 1. The summed E-state index contributed by atoms with van der Waals surface area (Å²) in [6.07, 6.45) is 4.66.